The van der Waals surface area contributed by atoms with Gasteiger partial charge in [-0.25, -0.2) is 15.0 Å². The van der Waals surface area contributed by atoms with Crippen LogP contribution < -0.4 is 15.2 Å². The fraction of sp³-hybridized carbons (Fsp3) is 0.320. The molecule has 1 aliphatic carbocycles. The summed E-state index contributed by atoms with van der Waals surface area (Å²) in [5.74, 6) is 2.93. The predicted molar refractivity (Wildman–Crippen MR) is 120 cm³/mol. The van der Waals surface area contributed by atoms with Crippen LogP contribution in [0.25, 0.3) is 11.1 Å². The minimum absolute atomic E-state index is 0.175. The molecule has 1 spiro atoms. The van der Waals surface area contributed by atoms with Gasteiger partial charge in [0.2, 0.25) is 0 Å². The molecule has 0 unspecified atom stereocenters. The summed E-state index contributed by atoms with van der Waals surface area (Å²) in [6.07, 6.45) is 10.2. The van der Waals surface area contributed by atoms with Crippen molar-refractivity contribution in [2.75, 3.05) is 13.2 Å². The standard InChI is InChI=1S/C25H24N4O3/c26-24-29-25(14-31-24)20-9-17(18-11-27-15-28-12-18)5-7-22(20)32-23-8-6-19(10-21(23)25)30-13-16-3-1-2-4-16/h5-12,15-16H,1-4,13-14H2,(H2,26,29)/t25-/m0/s1. The summed E-state index contributed by atoms with van der Waals surface area (Å²) in [7, 11) is 0. The van der Waals surface area contributed by atoms with Crippen molar-refractivity contribution in [1.29, 1.82) is 0 Å². The number of amidine groups is 1. The maximum atomic E-state index is 6.27. The molecule has 162 valence electrons. The van der Waals surface area contributed by atoms with Crippen molar-refractivity contribution < 1.29 is 14.2 Å². The normalized spacial score (nSPS) is 21.4. The zero-order chi connectivity index (χ0) is 21.5. The molecule has 7 nitrogen and oxygen atoms in total. The van der Waals surface area contributed by atoms with Crippen molar-refractivity contribution in [3.63, 3.8) is 0 Å². The highest BCUT2D eigenvalue weighted by molar-refractivity contribution is 5.78. The fourth-order valence-electron chi connectivity index (χ4n) is 4.94. The molecule has 6 rings (SSSR count). The van der Waals surface area contributed by atoms with Crippen LogP contribution in [0.1, 0.15) is 36.8 Å². The second-order valence-electron chi connectivity index (χ2n) is 8.66. The summed E-state index contributed by atoms with van der Waals surface area (Å²) in [5.41, 5.74) is 8.93. The molecule has 32 heavy (non-hydrogen) atoms. The van der Waals surface area contributed by atoms with E-state index in [4.69, 9.17) is 24.9 Å². The number of fused-ring (bicyclic) bond motifs is 4. The fourth-order valence-corrected chi connectivity index (χ4v) is 4.94. The van der Waals surface area contributed by atoms with E-state index in [1.165, 1.54) is 32.0 Å². The van der Waals surface area contributed by atoms with E-state index in [1.54, 1.807) is 12.4 Å². The van der Waals surface area contributed by atoms with E-state index in [-0.39, 0.29) is 6.02 Å². The molecule has 2 aliphatic heterocycles. The number of hydrogen-bond acceptors (Lipinski definition) is 7. The van der Waals surface area contributed by atoms with Gasteiger partial charge in [-0.1, -0.05) is 18.9 Å². The molecule has 3 aliphatic rings. The van der Waals surface area contributed by atoms with E-state index in [0.29, 0.717) is 12.5 Å². The molecule has 0 saturated heterocycles. The molecule has 1 aromatic heterocycles. The smallest absolute Gasteiger partial charge is 0.283 e. The first-order valence-electron chi connectivity index (χ1n) is 11.0. The van der Waals surface area contributed by atoms with Crippen LogP contribution in [0.2, 0.25) is 0 Å². The molecular weight excluding hydrogens is 404 g/mol. The van der Waals surface area contributed by atoms with Gasteiger partial charge in [0.1, 0.15) is 30.2 Å². The second kappa shape index (κ2) is 7.51. The molecule has 7 heteroatoms. The first kappa shape index (κ1) is 19.1. The van der Waals surface area contributed by atoms with Crippen LogP contribution in [0.4, 0.5) is 0 Å². The summed E-state index contributed by atoms with van der Waals surface area (Å²) in [6.45, 7) is 1.05. The van der Waals surface area contributed by atoms with E-state index in [2.05, 4.69) is 16.0 Å². The third-order valence-corrected chi connectivity index (χ3v) is 6.63. The lowest BCUT2D eigenvalue weighted by atomic mass is 9.80. The van der Waals surface area contributed by atoms with Gasteiger partial charge in [-0.2, -0.15) is 0 Å². The molecule has 2 N–H and O–H groups in total. The summed E-state index contributed by atoms with van der Waals surface area (Å²) in [5, 5.41) is 0. The Hall–Kier alpha value is -3.61. The van der Waals surface area contributed by atoms with Gasteiger partial charge in [-0.05, 0) is 54.7 Å². The third-order valence-electron chi connectivity index (χ3n) is 6.63. The number of ether oxygens (including phenoxy) is 3. The Morgan fingerprint density at radius 1 is 0.969 bits per heavy atom. The highest BCUT2D eigenvalue weighted by Gasteiger charge is 2.47. The minimum atomic E-state index is -0.786. The lowest BCUT2D eigenvalue weighted by Gasteiger charge is -2.34. The Labute approximate surface area is 186 Å². The van der Waals surface area contributed by atoms with E-state index in [1.807, 2.05) is 30.3 Å². The Kier molecular flexibility index (Phi) is 4.48. The van der Waals surface area contributed by atoms with Crippen molar-refractivity contribution in [2.45, 2.75) is 31.2 Å². The van der Waals surface area contributed by atoms with Crippen molar-refractivity contribution in [1.82, 2.24) is 9.97 Å². The quantitative estimate of drug-likeness (QED) is 0.662. The lowest BCUT2D eigenvalue weighted by molar-refractivity contribution is 0.247. The number of benzene rings is 2. The van der Waals surface area contributed by atoms with E-state index < -0.39 is 5.54 Å². The maximum absolute atomic E-state index is 6.27. The second-order valence-corrected chi connectivity index (χ2v) is 8.66. The van der Waals surface area contributed by atoms with Gasteiger partial charge in [0.05, 0.1) is 6.61 Å². The zero-order valence-electron chi connectivity index (χ0n) is 17.7. The van der Waals surface area contributed by atoms with Crippen molar-refractivity contribution >= 4 is 6.02 Å². The lowest BCUT2D eigenvalue weighted by Crippen LogP contribution is -2.31. The number of aliphatic imine (C=N–C) groups is 1. The van der Waals surface area contributed by atoms with Gasteiger partial charge in [-0.15, -0.1) is 0 Å². The average molecular weight is 428 g/mol. The molecule has 1 fully saturated rings. The molecule has 2 aromatic carbocycles. The highest BCUT2D eigenvalue weighted by atomic mass is 16.5. The molecule has 0 bridgehead atoms. The summed E-state index contributed by atoms with van der Waals surface area (Å²) < 4.78 is 18.1. The first-order chi connectivity index (χ1) is 15.7. The highest BCUT2D eigenvalue weighted by Crippen LogP contribution is 2.52. The first-order valence-corrected chi connectivity index (χ1v) is 11.0. The SMILES string of the molecule is NC1=N[C@]2(CO1)c1cc(OCC3CCCC3)ccc1Oc1ccc(-c3cncnc3)cc12. The Morgan fingerprint density at radius 2 is 1.72 bits per heavy atom. The Morgan fingerprint density at radius 3 is 2.47 bits per heavy atom. The van der Waals surface area contributed by atoms with E-state index >= 15 is 0 Å². The Balaban J connectivity index is 1.42. The summed E-state index contributed by atoms with van der Waals surface area (Å²) in [4.78, 5) is 13.1. The van der Waals surface area contributed by atoms with Crippen molar-refractivity contribution in [3.8, 4) is 28.4 Å². The van der Waals surface area contributed by atoms with E-state index in [0.717, 1.165) is 46.1 Å². The third kappa shape index (κ3) is 3.16. The molecule has 1 atom stereocenters. The minimum Gasteiger partial charge on any atom is -0.493 e. The van der Waals surface area contributed by atoms with Gasteiger partial charge >= 0.3 is 0 Å². The van der Waals surface area contributed by atoms with Crippen LogP contribution >= 0.6 is 0 Å². The molecular formula is C25H24N4O3. The van der Waals surface area contributed by atoms with Gasteiger partial charge in [-0.3, -0.25) is 0 Å². The average Bonchev–Trinajstić information content (AvgIpc) is 3.49. The summed E-state index contributed by atoms with van der Waals surface area (Å²) >= 11 is 0. The number of nitrogens with two attached hydrogens (primary N) is 1. The molecule has 3 aromatic rings. The number of nitrogens with zero attached hydrogens (tertiary/aromatic N) is 3. The molecule has 0 amide bonds. The number of hydrogen-bond donors (Lipinski definition) is 1. The molecule has 3 heterocycles. The number of aromatic nitrogens is 2. The van der Waals surface area contributed by atoms with Crippen LogP contribution in [0.15, 0.2) is 60.1 Å². The Bertz CT molecular complexity index is 1190. The van der Waals surface area contributed by atoms with Crippen LogP contribution in [-0.4, -0.2) is 29.2 Å². The maximum Gasteiger partial charge on any atom is 0.283 e. The molecule has 0 radical (unpaired) electrons. The monoisotopic (exact) mass is 428 g/mol. The largest absolute Gasteiger partial charge is 0.493 e. The van der Waals surface area contributed by atoms with Crippen LogP contribution in [-0.2, 0) is 10.3 Å². The van der Waals surface area contributed by atoms with Crippen molar-refractivity contribution in [2.24, 2.45) is 16.6 Å². The van der Waals surface area contributed by atoms with Crippen LogP contribution in [0.5, 0.6) is 17.2 Å². The summed E-state index contributed by atoms with van der Waals surface area (Å²) in [6, 6.07) is 12.1. The van der Waals surface area contributed by atoms with Crippen LogP contribution in [0.3, 0.4) is 0 Å². The predicted octanol–water partition coefficient (Wildman–Crippen LogP) is 4.41. The van der Waals surface area contributed by atoms with Gasteiger partial charge in [0.25, 0.3) is 6.02 Å². The van der Waals surface area contributed by atoms with Gasteiger partial charge in [0.15, 0.2) is 5.54 Å². The number of rotatable bonds is 4. The van der Waals surface area contributed by atoms with Gasteiger partial charge < -0.3 is 19.9 Å². The van der Waals surface area contributed by atoms with Crippen LogP contribution in [0, 0.1) is 5.92 Å². The topological polar surface area (TPSA) is 91.9 Å². The van der Waals surface area contributed by atoms with Gasteiger partial charge in [0, 0.05) is 29.1 Å². The van der Waals surface area contributed by atoms with Crippen molar-refractivity contribution in [3.05, 3.63) is 66.2 Å². The van der Waals surface area contributed by atoms with E-state index in [9.17, 15) is 0 Å². The zero-order valence-corrected chi connectivity index (χ0v) is 17.7. The molecule has 1 saturated carbocycles.